The Morgan fingerprint density at radius 2 is 1.40 bits per heavy atom. The summed E-state index contributed by atoms with van der Waals surface area (Å²) in [4.78, 5) is 9.56. The van der Waals surface area contributed by atoms with Crippen LogP contribution in [0.25, 0.3) is 67.2 Å². The fraction of sp³-hybridized carbons (Fsp3) is 0.154. The maximum absolute atomic E-state index is 6.45. The third kappa shape index (κ3) is 7.37. The van der Waals surface area contributed by atoms with E-state index in [9.17, 15) is 0 Å². The van der Waals surface area contributed by atoms with Gasteiger partial charge in [0.25, 0.3) is 0 Å². The minimum Gasteiger partial charge on any atom is -0.456 e. The second kappa shape index (κ2) is 18.3. The zero-order valence-electron chi connectivity index (χ0n) is 34.1. The molecule has 1 aliphatic heterocycles. The average molecular weight is 750 g/mol. The first-order chi connectivity index (χ1) is 28.2. The van der Waals surface area contributed by atoms with Gasteiger partial charge in [0.1, 0.15) is 28.3 Å². The molecule has 57 heavy (non-hydrogen) atoms. The van der Waals surface area contributed by atoms with Crippen molar-refractivity contribution in [3.8, 4) is 11.4 Å². The van der Waals surface area contributed by atoms with E-state index in [-0.39, 0.29) is 0 Å². The molecule has 0 N–H and O–H groups in total. The van der Waals surface area contributed by atoms with Gasteiger partial charge >= 0.3 is 0 Å². The summed E-state index contributed by atoms with van der Waals surface area (Å²) in [6, 6.07) is 43.6. The molecule has 9 rings (SSSR count). The molecule has 0 aliphatic carbocycles. The van der Waals surface area contributed by atoms with Gasteiger partial charge in [0.2, 0.25) is 0 Å². The molecule has 0 spiro atoms. The molecule has 0 amide bonds. The molecule has 0 saturated heterocycles. The van der Waals surface area contributed by atoms with Crippen LogP contribution in [0.15, 0.2) is 160 Å². The minimum absolute atomic E-state index is 0.523. The van der Waals surface area contributed by atoms with Crippen LogP contribution in [0.1, 0.15) is 76.4 Å². The first-order valence-corrected chi connectivity index (χ1v) is 20.0. The molecule has 0 saturated carbocycles. The van der Waals surface area contributed by atoms with E-state index in [1.54, 1.807) is 0 Å². The predicted molar refractivity (Wildman–Crippen MR) is 247 cm³/mol. The van der Waals surface area contributed by atoms with Gasteiger partial charge in [0.15, 0.2) is 5.76 Å². The van der Waals surface area contributed by atoms with E-state index in [2.05, 4.69) is 108 Å². The van der Waals surface area contributed by atoms with E-state index >= 15 is 0 Å². The second-order valence-electron chi connectivity index (χ2n) is 12.6. The SMILES string of the molecule is C=Cc1c(/C=C\C)n(-c2ccc(/C(N=C)=C3\Oc4ccccc4C3=NCc3ccccc3)cc2)c2c1ccc1cc3oc4ccccc4c3cc12.CC.CC.CC. The number of furan rings is 1. The zero-order valence-corrected chi connectivity index (χ0v) is 34.1. The van der Waals surface area contributed by atoms with Crippen LogP contribution in [0.5, 0.6) is 5.75 Å². The summed E-state index contributed by atoms with van der Waals surface area (Å²) < 4.78 is 15.0. The number of hydrogen-bond donors (Lipinski definition) is 0. The van der Waals surface area contributed by atoms with Crippen molar-refractivity contribution in [1.29, 1.82) is 0 Å². The van der Waals surface area contributed by atoms with Crippen molar-refractivity contribution in [2.24, 2.45) is 9.98 Å². The number of allylic oxidation sites excluding steroid dienone is 2. The summed E-state index contributed by atoms with van der Waals surface area (Å²) in [7, 11) is 0. The van der Waals surface area contributed by atoms with Gasteiger partial charge in [-0.1, -0.05) is 145 Å². The van der Waals surface area contributed by atoms with Gasteiger partial charge in [-0.15, -0.1) is 0 Å². The van der Waals surface area contributed by atoms with E-state index in [0.717, 1.165) is 88.7 Å². The largest absolute Gasteiger partial charge is 0.456 e. The first-order valence-electron chi connectivity index (χ1n) is 20.0. The maximum Gasteiger partial charge on any atom is 0.179 e. The predicted octanol–water partition coefficient (Wildman–Crippen LogP) is 14.9. The highest BCUT2D eigenvalue weighted by atomic mass is 16.5. The molecule has 3 heterocycles. The van der Waals surface area contributed by atoms with Crippen LogP contribution in [0.2, 0.25) is 0 Å². The van der Waals surface area contributed by atoms with Gasteiger partial charge in [0, 0.05) is 43.9 Å². The number of ether oxygens (including phenoxy) is 1. The molecule has 6 aromatic carbocycles. The second-order valence-corrected chi connectivity index (χ2v) is 12.6. The first kappa shape index (κ1) is 40.0. The Kier molecular flexibility index (Phi) is 12.8. The van der Waals surface area contributed by atoms with Gasteiger partial charge in [-0.2, -0.15) is 0 Å². The quantitative estimate of drug-likeness (QED) is 0.152. The van der Waals surface area contributed by atoms with Gasteiger partial charge in [-0.25, -0.2) is 0 Å². The monoisotopic (exact) mass is 749 g/mol. The third-order valence-corrected chi connectivity index (χ3v) is 9.65. The Balaban J connectivity index is 0.000000876. The van der Waals surface area contributed by atoms with Gasteiger partial charge < -0.3 is 13.7 Å². The lowest BCUT2D eigenvalue weighted by Crippen LogP contribution is -2.05. The molecule has 0 unspecified atom stereocenters. The standard InChI is InChI=1S/C46H33N3O2.3C2H6/c1-4-13-39-33(5-2)35-25-22-31-26-42-38(34-16-9-11-18-40(34)50-42)27-37(31)45(35)49(39)32-23-20-30(21-24-32)43(47-3)46-44(36-17-10-12-19-41(36)51-46)48-28-29-14-7-6-8-15-29;3*1-2/h4-27H,2-3,28H2,1H3;3*1-2H3/b13-4-,46-43+,48-44?;;;. The number of hydrogen-bond acceptors (Lipinski definition) is 4. The molecule has 5 nitrogen and oxygen atoms in total. The van der Waals surface area contributed by atoms with E-state index in [4.69, 9.17) is 14.1 Å². The van der Waals surface area contributed by atoms with Crippen molar-refractivity contribution < 1.29 is 9.15 Å². The molecule has 0 bridgehead atoms. The molecule has 0 fully saturated rings. The zero-order chi connectivity index (χ0) is 40.5. The Labute approximate surface area is 336 Å². The maximum atomic E-state index is 6.45. The van der Waals surface area contributed by atoms with Crippen molar-refractivity contribution in [1.82, 2.24) is 4.57 Å². The molecular weight excluding hydrogens is 699 g/mol. The van der Waals surface area contributed by atoms with Crippen molar-refractivity contribution >= 4 is 73.9 Å². The van der Waals surface area contributed by atoms with Crippen LogP contribution < -0.4 is 4.74 Å². The molecule has 0 radical (unpaired) electrons. The van der Waals surface area contributed by atoms with Crippen LogP contribution in [0.3, 0.4) is 0 Å². The van der Waals surface area contributed by atoms with E-state index in [0.29, 0.717) is 18.0 Å². The van der Waals surface area contributed by atoms with Gasteiger partial charge in [-0.05, 0) is 73.1 Å². The molecule has 8 aromatic rings. The van der Waals surface area contributed by atoms with Crippen LogP contribution in [0, 0.1) is 0 Å². The van der Waals surface area contributed by atoms with Gasteiger partial charge in [0.05, 0.1) is 17.8 Å². The minimum atomic E-state index is 0.523. The lowest BCUT2D eigenvalue weighted by molar-refractivity contribution is 0.470. The Bertz CT molecular complexity index is 2780. The van der Waals surface area contributed by atoms with Crippen LogP contribution >= 0.6 is 0 Å². The average Bonchev–Trinajstić information content (AvgIpc) is 3.94. The molecule has 1 aliphatic rings. The lowest BCUT2D eigenvalue weighted by atomic mass is 10.0. The third-order valence-electron chi connectivity index (χ3n) is 9.65. The number of benzene rings is 6. The number of rotatable bonds is 7. The van der Waals surface area contributed by atoms with Crippen LogP contribution in [-0.2, 0) is 6.54 Å². The number of aliphatic imine (C=N–C) groups is 2. The smallest absolute Gasteiger partial charge is 0.179 e. The Morgan fingerprint density at radius 3 is 2.12 bits per heavy atom. The van der Waals surface area contributed by atoms with Crippen molar-refractivity contribution in [3.63, 3.8) is 0 Å². The summed E-state index contributed by atoms with van der Waals surface area (Å²) >= 11 is 0. The fourth-order valence-corrected chi connectivity index (χ4v) is 7.33. The number of aromatic nitrogens is 1. The van der Waals surface area contributed by atoms with Crippen molar-refractivity contribution in [3.05, 3.63) is 174 Å². The normalized spacial score (nSPS) is 13.4. The fourth-order valence-electron chi connectivity index (χ4n) is 7.33. The summed E-state index contributed by atoms with van der Waals surface area (Å²) in [5, 5.41) is 5.58. The molecule has 0 atom stereocenters. The highest BCUT2D eigenvalue weighted by Gasteiger charge is 2.29. The molecule has 286 valence electrons. The van der Waals surface area contributed by atoms with E-state index in [1.807, 2.05) is 109 Å². The summed E-state index contributed by atoms with van der Waals surface area (Å²) in [6.07, 6.45) is 6.18. The number of fused-ring (bicyclic) bond motifs is 7. The van der Waals surface area contributed by atoms with Crippen LogP contribution in [0.4, 0.5) is 0 Å². The van der Waals surface area contributed by atoms with Crippen molar-refractivity contribution in [2.45, 2.75) is 55.0 Å². The number of nitrogens with zero attached hydrogens (tertiary/aromatic N) is 3. The summed E-state index contributed by atoms with van der Waals surface area (Å²) in [5.74, 6) is 1.36. The molecule has 5 heteroatoms. The van der Waals surface area contributed by atoms with Crippen LogP contribution in [-0.4, -0.2) is 17.0 Å². The molecule has 2 aromatic heterocycles. The highest BCUT2D eigenvalue weighted by molar-refractivity contribution is 6.20. The van der Waals surface area contributed by atoms with Crippen molar-refractivity contribution in [2.75, 3.05) is 0 Å². The summed E-state index contributed by atoms with van der Waals surface area (Å²) in [5.41, 5.74) is 10.4. The summed E-state index contributed by atoms with van der Waals surface area (Å²) in [6.45, 7) is 22.8. The lowest BCUT2D eigenvalue weighted by Gasteiger charge is -2.13. The topological polar surface area (TPSA) is 52.0 Å². The van der Waals surface area contributed by atoms with E-state index in [1.165, 1.54) is 0 Å². The van der Waals surface area contributed by atoms with E-state index < -0.39 is 0 Å². The Hall–Kier alpha value is -6.72. The highest BCUT2D eigenvalue weighted by Crippen LogP contribution is 2.41. The molecular formula is C52H51N3O2. The number of para-hydroxylation sites is 2. The van der Waals surface area contributed by atoms with Gasteiger partial charge in [-0.3, -0.25) is 9.98 Å². The Morgan fingerprint density at radius 1 is 0.702 bits per heavy atom.